The van der Waals surface area contributed by atoms with Crippen molar-refractivity contribution in [2.45, 2.75) is 0 Å². The van der Waals surface area contributed by atoms with Crippen LogP contribution in [0.25, 0.3) is 6.08 Å². The number of furan rings is 1. The average molecular weight is 316 g/mol. The molecule has 0 aliphatic heterocycles. The molecule has 0 atom stereocenters. The van der Waals surface area contributed by atoms with E-state index in [9.17, 15) is 9.59 Å². The fourth-order valence-corrected chi connectivity index (χ4v) is 1.71. The second-order valence-electron chi connectivity index (χ2n) is 4.39. The van der Waals surface area contributed by atoms with Crippen LogP contribution in [-0.2, 0) is 4.79 Å². The van der Waals surface area contributed by atoms with Crippen molar-refractivity contribution in [1.82, 2.24) is 10.9 Å². The van der Waals surface area contributed by atoms with E-state index >= 15 is 0 Å². The van der Waals surface area contributed by atoms with Gasteiger partial charge in [-0.3, -0.25) is 20.4 Å². The monoisotopic (exact) mass is 316 g/mol. The Labute approximate surface area is 132 Å². The first-order valence-corrected chi connectivity index (χ1v) is 6.67. The van der Waals surface area contributed by atoms with Crippen molar-refractivity contribution in [2.24, 2.45) is 0 Å². The third-order valence-electron chi connectivity index (χ3n) is 2.86. The summed E-state index contributed by atoms with van der Waals surface area (Å²) in [7, 11) is 2.97. The van der Waals surface area contributed by atoms with E-state index in [-0.39, 0.29) is 5.56 Å². The molecule has 0 aliphatic rings. The van der Waals surface area contributed by atoms with Gasteiger partial charge in [-0.25, -0.2) is 0 Å². The first-order chi connectivity index (χ1) is 11.1. The van der Waals surface area contributed by atoms with E-state index in [4.69, 9.17) is 13.9 Å². The van der Waals surface area contributed by atoms with Gasteiger partial charge in [0.15, 0.2) is 0 Å². The molecule has 0 unspecified atom stereocenters. The van der Waals surface area contributed by atoms with Crippen molar-refractivity contribution in [3.8, 4) is 11.5 Å². The molecule has 0 saturated heterocycles. The van der Waals surface area contributed by atoms with E-state index in [1.165, 1.54) is 44.8 Å². The lowest BCUT2D eigenvalue weighted by molar-refractivity contribution is -0.117. The highest BCUT2D eigenvalue weighted by Gasteiger charge is 2.10. The highest BCUT2D eigenvalue weighted by Crippen LogP contribution is 2.22. The first-order valence-electron chi connectivity index (χ1n) is 6.67. The fourth-order valence-electron chi connectivity index (χ4n) is 1.71. The zero-order valence-electron chi connectivity index (χ0n) is 12.7. The number of carbonyl (C=O) groups excluding carboxylic acids is 2. The number of nitrogens with one attached hydrogen (secondary N) is 2. The zero-order chi connectivity index (χ0) is 16.7. The lowest BCUT2D eigenvalue weighted by atomic mass is 10.2. The smallest absolute Gasteiger partial charge is 0.269 e. The van der Waals surface area contributed by atoms with Gasteiger partial charge in [-0.1, -0.05) is 0 Å². The summed E-state index contributed by atoms with van der Waals surface area (Å²) in [4.78, 5) is 23.7. The van der Waals surface area contributed by atoms with Crippen molar-refractivity contribution < 1.29 is 23.5 Å². The molecular formula is C16H16N2O5. The largest absolute Gasteiger partial charge is 0.497 e. The second kappa shape index (κ2) is 7.69. The Kier molecular flexibility index (Phi) is 5.40. The van der Waals surface area contributed by atoms with Crippen molar-refractivity contribution in [2.75, 3.05) is 14.2 Å². The summed E-state index contributed by atoms with van der Waals surface area (Å²) in [6.07, 6.45) is 4.22. The number of rotatable bonds is 5. The molecule has 1 heterocycles. The molecule has 7 nitrogen and oxygen atoms in total. The number of methoxy groups -OCH3 is 2. The molecule has 2 aromatic rings. The summed E-state index contributed by atoms with van der Waals surface area (Å²) in [6.45, 7) is 0. The van der Waals surface area contributed by atoms with Crippen LogP contribution >= 0.6 is 0 Å². The molecule has 1 aromatic carbocycles. The molecule has 2 N–H and O–H groups in total. The highest BCUT2D eigenvalue weighted by atomic mass is 16.5. The SMILES string of the molecule is COc1cc(OC)cc(C(=O)NNC(=O)C=Cc2ccco2)c1. The van der Waals surface area contributed by atoms with Crippen LogP contribution in [-0.4, -0.2) is 26.0 Å². The summed E-state index contributed by atoms with van der Waals surface area (Å²) in [5, 5.41) is 0. The molecule has 0 spiro atoms. The van der Waals surface area contributed by atoms with Crippen LogP contribution in [0.1, 0.15) is 16.1 Å². The van der Waals surface area contributed by atoms with Gasteiger partial charge in [0, 0.05) is 17.7 Å². The minimum absolute atomic E-state index is 0.288. The molecule has 0 radical (unpaired) electrons. The molecule has 1 aromatic heterocycles. The maximum Gasteiger partial charge on any atom is 0.269 e. The van der Waals surface area contributed by atoms with Crippen molar-refractivity contribution in [3.63, 3.8) is 0 Å². The molecular weight excluding hydrogens is 300 g/mol. The molecule has 2 rings (SSSR count). The summed E-state index contributed by atoms with van der Waals surface area (Å²) in [5.74, 6) is 0.479. The maximum atomic E-state index is 12.0. The molecule has 120 valence electrons. The number of hydrazine groups is 1. The Balaban J connectivity index is 1.95. The van der Waals surface area contributed by atoms with E-state index in [0.717, 1.165) is 0 Å². The fraction of sp³-hybridized carbons (Fsp3) is 0.125. The zero-order valence-corrected chi connectivity index (χ0v) is 12.7. The summed E-state index contributed by atoms with van der Waals surface area (Å²) in [5.41, 5.74) is 4.86. The van der Waals surface area contributed by atoms with Crippen LogP contribution in [0.3, 0.4) is 0 Å². The van der Waals surface area contributed by atoms with Crippen molar-refractivity contribution >= 4 is 17.9 Å². The van der Waals surface area contributed by atoms with Gasteiger partial charge in [0.25, 0.3) is 11.8 Å². The molecule has 0 bridgehead atoms. The number of hydrogen-bond donors (Lipinski definition) is 2. The van der Waals surface area contributed by atoms with Crippen LogP contribution in [0.5, 0.6) is 11.5 Å². The van der Waals surface area contributed by atoms with Crippen molar-refractivity contribution in [1.29, 1.82) is 0 Å². The Hall–Kier alpha value is -3.22. The van der Waals surface area contributed by atoms with Crippen LogP contribution in [0.2, 0.25) is 0 Å². The average Bonchev–Trinajstić information content (AvgIpc) is 3.10. The Morgan fingerprint density at radius 2 is 1.78 bits per heavy atom. The maximum absolute atomic E-state index is 12.0. The third kappa shape index (κ3) is 4.63. The first kappa shape index (κ1) is 16.2. The summed E-state index contributed by atoms with van der Waals surface area (Å²) >= 11 is 0. The standard InChI is InChI=1S/C16H16N2O5/c1-21-13-8-11(9-14(10-13)22-2)16(20)18-17-15(19)6-5-12-4-3-7-23-12/h3-10H,1-2H3,(H,17,19)(H,18,20). The minimum atomic E-state index is -0.498. The molecule has 2 amide bonds. The normalized spacial score (nSPS) is 10.3. The van der Waals surface area contributed by atoms with Gasteiger partial charge in [-0.2, -0.15) is 0 Å². The van der Waals surface area contributed by atoms with E-state index in [1.54, 1.807) is 18.2 Å². The second-order valence-corrected chi connectivity index (χ2v) is 4.39. The van der Waals surface area contributed by atoms with Gasteiger partial charge in [0.05, 0.1) is 20.5 Å². The number of carbonyl (C=O) groups is 2. The quantitative estimate of drug-likeness (QED) is 0.648. The Morgan fingerprint density at radius 3 is 2.35 bits per heavy atom. The van der Waals surface area contributed by atoms with Crippen LogP contribution in [0.4, 0.5) is 0 Å². The van der Waals surface area contributed by atoms with E-state index in [1.807, 2.05) is 0 Å². The van der Waals surface area contributed by atoms with Crippen LogP contribution in [0, 0.1) is 0 Å². The van der Waals surface area contributed by atoms with Crippen molar-refractivity contribution in [3.05, 3.63) is 54.0 Å². The van der Waals surface area contributed by atoms with E-state index < -0.39 is 11.8 Å². The third-order valence-corrected chi connectivity index (χ3v) is 2.86. The summed E-state index contributed by atoms with van der Waals surface area (Å²) < 4.78 is 15.2. The molecule has 23 heavy (non-hydrogen) atoms. The number of amides is 2. The molecule has 0 saturated carbocycles. The topological polar surface area (TPSA) is 89.8 Å². The van der Waals surface area contributed by atoms with Gasteiger partial charge in [-0.05, 0) is 30.3 Å². The van der Waals surface area contributed by atoms with Gasteiger partial charge >= 0.3 is 0 Å². The predicted octanol–water partition coefficient (Wildman–Crippen LogP) is 1.77. The molecule has 7 heteroatoms. The van der Waals surface area contributed by atoms with Crippen LogP contribution < -0.4 is 20.3 Å². The lowest BCUT2D eigenvalue weighted by Crippen LogP contribution is -2.40. The number of ether oxygens (including phenoxy) is 2. The highest BCUT2D eigenvalue weighted by molar-refractivity contribution is 5.98. The number of hydrogen-bond acceptors (Lipinski definition) is 5. The van der Waals surface area contributed by atoms with E-state index in [2.05, 4.69) is 10.9 Å². The van der Waals surface area contributed by atoms with Gasteiger partial charge < -0.3 is 13.9 Å². The summed E-state index contributed by atoms with van der Waals surface area (Å²) in [6, 6.07) is 8.10. The molecule has 0 fully saturated rings. The van der Waals surface area contributed by atoms with Gasteiger partial charge in [-0.15, -0.1) is 0 Å². The lowest BCUT2D eigenvalue weighted by Gasteiger charge is -2.09. The molecule has 0 aliphatic carbocycles. The van der Waals surface area contributed by atoms with E-state index in [0.29, 0.717) is 17.3 Å². The Bertz CT molecular complexity index is 685. The van der Waals surface area contributed by atoms with Gasteiger partial charge in [0.2, 0.25) is 0 Å². The Morgan fingerprint density at radius 1 is 1.09 bits per heavy atom. The van der Waals surface area contributed by atoms with Crippen LogP contribution in [0.15, 0.2) is 47.1 Å². The predicted molar refractivity (Wildman–Crippen MR) is 82.9 cm³/mol. The number of benzene rings is 1. The van der Waals surface area contributed by atoms with Gasteiger partial charge in [0.1, 0.15) is 17.3 Å². The minimum Gasteiger partial charge on any atom is -0.497 e.